The van der Waals surface area contributed by atoms with E-state index < -0.39 is 0 Å². The zero-order valence-corrected chi connectivity index (χ0v) is 11.2. The Kier molecular flexibility index (Phi) is 4.34. The zero-order chi connectivity index (χ0) is 13.7. The van der Waals surface area contributed by atoms with Crippen LogP contribution in [0.15, 0.2) is 40.9 Å². The molecule has 1 aromatic heterocycles. The Balaban J connectivity index is 1.81. The highest BCUT2D eigenvalue weighted by atomic mass is 16.5. The molecule has 2 rings (SSSR count). The van der Waals surface area contributed by atoms with Gasteiger partial charge in [-0.25, -0.2) is 0 Å². The minimum atomic E-state index is -0.207. The first-order chi connectivity index (χ1) is 9.15. The van der Waals surface area contributed by atoms with Gasteiger partial charge in [-0.2, -0.15) is 0 Å². The lowest BCUT2D eigenvalue weighted by atomic mass is 10.1. The van der Waals surface area contributed by atoms with Crippen molar-refractivity contribution in [2.45, 2.75) is 32.7 Å². The fourth-order valence-corrected chi connectivity index (χ4v) is 1.87. The standard InChI is InChI=1S/C15H18N2O2/c1-11(8-9-13-6-4-3-5-7-13)16-15(18)14-10-12(2)17-19-14/h3-7,10-11H,8-9H2,1-2H3,(H,16,18). The summed E-state index contributed by atoms with van der Waals surface area (Å²) in [7, 11) is 0. The molecule has 2 aromatic rings. The van der Waals surface area contributed by atoms with Gasteiger partial charge >= 0.3 is 0 Å². The van der Waals surface area contributed by atoms with E-state index >= 15 is 0 Å². The second-order valence-corrected chi connectivity index (χ2v) is 4.73. The predicted molar refractivity (Wildman–Crippen MR) is 72.9 cm³/mol. The maximum absolute atomic E-state index is 11.8. The van der Waals surface area contributed by atoms with Crippen LogP contribution in [0.4, 0.5) is 0 Å². The number of benzene rings is 1. The van der Waals surface area contributed by atoms with Gasteiger partial charge in [0.2, 0.25) is 5.76 Å². The zero-order valence-electron chi connectivity index (χ0n) is 11.2. The lowest BCUT2D eigenvalue weighted by molar-refractivity contribution is 0.0901. The molecule has 0 saturated heterocycles. The number of aromatic nitrogens is 1. The molecule has 19 heavy (non-hydrogen) atoms. The van der Waals surface area contributed by atoms with E-state index in [1.807, 2.05) is 25.1 Å². The topological polar surface area (TPSA) is 55.1 Å². The molecule has 0 radical (unpaired) electrons. The highest BCUT2D eigenvalue weighted by molar-refractivity contribution is 5.91. The van der Waals surface area contributed by atoms with Crippen LogP contribution in [-0.4, -0.2) is 17.1 Å². The van der Waals surface area contributed by atoms with E-state index in [0.29, 0.717) is 5.69 Å². The molecule has 1 atom stereocenters. The summed E-state index contributed by atoms with van der Waals surface area (Å²) in [6.45, 7) is 3.78. The Bertz CT molecular complexity index is 534. The molecule has 1 N–H and O–H groups in total. The molecule has 4 heteroatoms. The minimum Gasteiger partial charge on any atom is -0.351 e. The summed E-state index contributed by atoms with van der Waals surface area (Å²) in [4.78, 5) is 11.8. The molecule has 0 saturated carbocycles. The number of nitrogens with zero attached hydrogens (tertiary/aromatic N) is 1. The van der Waals surface area contributed by atoms with Crippen LogP contribution in [0.2, 0.25) is 0 Å². The minimum absolute atomic E-state index is 0.0955. The second-order valence-electron chi connectivity index (χ2n) is 4.73. The van der Waals surface area contributed by atoms with Crippen molar-refractivity contribution >= 4 is 5.91 Å². The molecule has 0 spiro atoms. The summed E-state index contributed by atoms with van der Waals surface area (Å²) in [6, 6.07) is 12.0. The fraction of sp³-hybridized carbons (Fsp3) is 0.333. The highest BCUT2D eigenvalue weighted by Gasteiger charge is 2.14. The van der Waals surface area contributed by atoms with Crippen LogP contribution >= 0.6 is 0 Å². The summed E-state index contributed by atoms with van der Waals surface area (Å²) in [5.41, 5.74) is 1.99. The molecule has 100 valence electrons. The number of nitrogens with one attached hydrogen (secondary N) is 1. The SMILES string of the molecule is Cc1cc(C(=O)NC(C)CCc2ccccc2)on1. The predicted octanol–water partition coefficient (Wildman–Crippen LogP) is 2.73. The van der Waals surface area contributed by atoms with Gasteiger partial charge in [0.25, 0.3) is 5.91 Å². The molecular weight excluding hydrogens is 240 g/mol. The fourth-order valence-electron chi connectivity index (χ4n) is 1.87. The number of amides is 1. The molecule has 0 aliphatic rings. The van der Waals surface area contributed by atoms with Crippen molar-refractivity contribution in [3.05, 3.63) is 53.4 Å². The first-order valence-corrected chi connectivity index (χ1v) is 6.43. The van der Waals surface area contributed by atoms with Crippen molar-refractivity contribution in [3.8, 4) is 0 Å². The van der Waals surface area contributed by atoms with Crippen LogP contribution in [0, 0.1) is 6.92 Å². The Morgan fingerprint density at radius 3 is 2.74 bits per heavy atom. The molecule has 0 aliphatic carbocycles. The number of carbonyl (C=O) groups excluding carboxylic acids is 1. The van der Waals surface area contributed by atoms with Crippen molar-refractivity contribution in [2.75, 3.05) is 0 Å². The average molecular weight is 258 g/mol. The third-order valence-electron chi connectivity index (χ3n) is 2.94. The van der Waals surface area contributed by atoms with Gasteiger partial charge in [-0.3, -0.25) is 4.79 Å². The van der Waals surface area contributed by atoms with Gasteiger partial charge in [-0.15, -0.1) is 0 Å². The molecule has 0 bridgehead atoms. The number of hydrogen-bond donors (Lipinski definition) is 1. The van der Waals surface area contributed by atoms with Gasteiger partial charge in [0, 0.05) is 12.1 Å². The van der Waals surface area contributed by atoms with Gasteiger partial charge in [-0.1, -0.05) is 35.5 Å². The molecule has 1 aromatic carbocycles. The molecule has 0 fully saturated rings. The maximum Gasteiger partial charge on any atom is 0.290 e. The first kappa shape index (κ1) is 13.3. The highest BCUT2D eigenvalue weighted by Crippen LogP contribution is 2.06. The van der Waals surface area contributed by atoms with E-state index in [9.17, 15) is 4.79 Å². The summed E-state index contributed by atoms with van der Waals surface area (Å²) in [5, 5.41) is 6.61. The van der Waals surface area contributed by atoms with Crippen molar-refractivity contribution < 1.29 is 9.32 Å². The van der Waals surface area contributed by atoms with Crippen LogP contribution in [0.1, 0.15) is 35.2 Å². The van der Waals surface area contributed by atoms with Gasteiger partial charge in [0.1, 0.15) is 0 Å². The third-order valence-corrected chi connectivity index (χ3v) is 2.94. The van der Waals surface area contributed by atoms with E-state index in [1.165, 1.54) is 5.56 Å². The molecule has 1 amide bonds. The summed E-state index contributed by atoms with van der Waals surface area (Å²) in [5.74, 6) is 0.0604. The van der Waals surface area contributed by atoms with Crippen LogP contribution in [0.3, 0.4) is 0 Å². The Hall–Kier alpha value is -2.10. The third kappa shape index (κ3) is 3.95. The number of carbonyl (C=O) groups is 1. The van der Waals surface area contributed by atoms with Gasteiger partial charge in [-0.05, 0) is 32.3 Å². The maximum atomic E-state index is 11.8. The Morgan fingerprint density at radius 1 is 1.37 bits per heavy atom. The number of aryl methyl sites for hydroxylation is 2. The molecule has 4 nitrogen and oxygen atoms in total. The van der Waals surface area contributed by atoms with E-state index in [0.717, 1.165) is 12.8 Å². The van der Waals surface area contributed by atoms with Crippen LogP contribution in [0.5, 0.6) is 0 Å². The summed E-state index contributed by atoms with van der Waals surface area (Å²) >= 11 is 0. The Labute approximate surface area is 112 Å². The van der Waals surface area contributed by atoms with Crippen molar-refractivity contribution in [2.24, 2.45) is 0 Å². The van der Waals surface area contributed by atoms with Gasteiger partial charge in [0.15, 0.2) is 0 Å². The molecule has 0 aliphatic heterocycles. The first-order valence-electron chi connectivity index (χ1n) is 6.43. The van der Waals surface area contributed by atoms with Gasteiger partial charge in [0.05, 0.1) is 5.69 Å². The van der Waals surface area contributed by atoms with E-state index in [2.05, 4.69) is 22.6 Å². The summed E-state index contributed by atoms with van der Waals surface area (Å²) in [6.07, 6.45) is 1.83. The second kappa shape index (κ2) is 6.18. The van der Waals surface area contributed by atoms with E-state index in [4.69, 9.17) is 4.52 Å². The van der Waals surface area contributed by atoms with E-state index in [-0.39, 0.29) is 17.7 Å². The van der Waals surface area contributed by atoms with Gasteiger partial charge < -0.3 is 9.84 Å². The summed E-state index contributed by atoms with van der Waals surface area (Å²) < 4.78 is 4.93. The van der Waals surface area contributed by atoms with Crippen molar-refractivity contribution in [3.63, 3.8) is 0 Å². The number of hydrogen-bond acceptors (Lipinski definition) is 3. The van der Waals surface area contributed by atoms with Crippen LogP contribution in [-0.2, 0) is 6.42 Å². The lowest BCUT2D eigenvalue weighted by Gasteiger charge is -2.12. The smallest absolute Gasteiger partial charge is 0.290 e. The lowest BCUT2D eigenvalue weighted by Crippen LogP contribution is -2.32. The Morgan fingerprint density at radius 2 is 2.11 bits per heavy atom. The molecule has 1 heterocycles. The normalized spacial score (nSPS) is 12.1. The quantitative estimate of drug-likeness (QED) is 0.897. The number of rotatable bonds is 5. The van der Waals surface area contributed by atoms with Crippen LogP contribution < -0.4 is 5.32 Å². The van der Waals surface area contributed by atoms with Crippen molar-refractivity contribution in [1.29, 1.82) is 0 Å². The van der Waals surface area contributed by atoms with Crippen LogP contribution in [0.25, 0.3) is 0 Å². The largest absolute Gasteiger partial charge is 0.351 e. The molecular formula is C15H18N2O2. The van der Waals surface area contributed by atoms with E-state index in [1.54, 1.807) is 13.0 Å². The average Bonchev–Trinajstić information content (AvgIpc) is 2.84. The monoisotopic (exact) mass is 258 g/mol. The molecule has 1 unspecified atom stereocenters. The van der Waals surface area contributed by atoms with Crippen molar-refractivity contribution in [1.82, 2.24) is 10.5 Å².